The van der Waals surface area contributed by atoms with Gasteiger partial charge in [-0.15, -0.1) is 11.8 Å². The predicted molar refractivity (Wildman–Crippen MR) is 94.1 cm³/mol. The Labute approximate surface area is 139 Å². The maximum atomic E-state index is 12.3. The lowest BCUT2D eigenvalue weighted by Crippen LogP contribution is -2.26. The number of carbonyl (C=O) groups is 1. The van der Waals surface area contributed by atoms with Crippen molar-refractivity contribution < 1.29 is 9.53 Å². The summed E-state index contributed by atoms with van der Waals surface area (Å²) in [6, 6.07) is 15.3. The Morgan fingerprint density at radius 3 is 2.74 bits per heavy atom. The molecule has 1 N–H and O–H groups in total. The summed E-state index contributed by atoms with van der Waals surface area (Å²) in [6.07, 6.45) is 1.97. The molecule has 0 radical (unpaired) electrons. The van der Waals surface area contributed by atoms with E-state index in [0.717, 1.165) is 21.5 Å². The van der Waals surface area contributed by atoms with Gasteiger partial charge in [0.2, 0.25) is 0 Å². The first kappa shape index (κ1) is 15.5. The fourth-order valence-electron chi connectivity index (χ4n) is 2.35. The van der Waals surface area contributed by atoms with E-state index in [9.17, 15) is 4.79 Å². The number of carbonyl (C=O) groups excluding carboxylic acids is 1. The summed E-state index contributed by atoms with van der Waals surface area (Å²) in [6.45, 7) is 0. The summed E-state index contributed by atoms with van der Waals surface area (Å²) in [5, 5.41) is 1.14. The minimum atomic E-state index is 0.0274. The quantitative estimate of drug-likeness (QED) is 0.569. The Morgan fingerprint density at radius 1 is 1.22 bits per heavy atom. The number of H-pyrrole nitrogens is 1. The number of rotatable bonds is 5. The third kappa shape index (κ3) is 3.35. The third-order valence-electron chi connectivity index (χ3n) is 3.63. The molecule has 0 atom stereocenters. The molecular weight excluding hydrogens is 308 g/mol. The monoisotopic (exact) mass is 326 g/mol. The molecule has 0 saturated carbocycles. The Bertz CT molecular complexity index is 814. The van der Waals surface area contributed by atoms with Crippen molar-refractivity contribution in [3.63, 3.8) is 0 Å². The lowest BCUT2D eigenvalue weighted by molar-refractivity contribution is 0.0820. The van der Waals surface area contributed by atoms with Crippen LogP contribution in [0.5, 0.6) is 5.75 Å². The second kappa shape index (κ2) is 6.79. The van der Waals surface area contributed by atoms with Gasteiger partial charge in [0.05, 0.1) is 18.5 Å². The van der Waals surface area contributed by atoms with Crippen molar-refractivity contribution in [3.05, 3.63) is 60.3 Å². The van der Waals surface area contributed by atoms with Gasteiger partial charge < -0.3 is 14.6 Å². The molecule has 0 fully saturated rings. The van der Waals surface area contributed by atoms with E-state index >= 15 is 0 Å². The molecule has 2 aromatic carbocycles. The van der Waals surface area contributed by atoms with E-state index in [4.69, 9.17) is 4.74 Å². The maximum Gasteiger partial charge on any atom is 0.254 e. The number of benzene rings is 2. The van der Waals surface area contributed by atoms with E-state index in [2.05, 4.69) is 4.98 Å². The first-order chi connectivity index (χ1) is 11.2. The second-order valence-electron chi connectivity index (χ2n) is 5.21. The molecule has 0 saturated heterocycles. The van der Waals surface area contributed by atoms with Crippen LogP contribution in [0.3, 0.4) is 0 Å². The number of methoxy groups -OCH3 is 1. The predicted octanol–water partition coefficient (Wildman–Crippen LogP) is 4.00. The number of thioether (sulfide) groups is 1. The van der Waals surface area contributed by atoms with E-state index in [0.29, 0.717) is 11.4 Å². The van der Waals surface area contributed by atoms with Gasteiger partial charge in [0, 0.05) is 35.2 Å². The van der Waals surface area contributed by atoms with Crippen LogP contribution in [0.2, 0.25) is 0 Å². The van der Waals surface area contributed by atoms with Crippen LogP contribution >= 0.6 is 11.8 Å². The van der Waals surface area contributed by atoms with Gasteiger partial charge >= 0.3 is 0 Å². The van der Waals surface area contributed by atoms with Crippen molar-refractivity contribution in [1.82, 2.24) is 9.88 Å². The number of aromatic amines is 1. The normalized spacial score (nSPS) is 10.7. The number of aromatic nitrogens is 1. The molecule has 118 valence electrons. The standard InChI is InChI=1S/C18H18N2O2S/c1-20(18(21)13-6-4-3-5-7-13)12-23-17-11-19-16-10-14(22-2)8-9-15(16)17/h3-11,19H,12H2,1-2H3. The molecule has 4 nitrogen and oxygen atoms in total. The van der Waals surface area contributed by atoms with Crippen molar-refractivity contribution in [2.75, 3.05) is 20.0 Å². The van der Waals surface area contributed by atoms with E-state index in [1.807, 2.05) is 61.8 Å². The summed E-state index contributed by atoms with van der Waals surface area (Å²) < 4.78 is 5.23. The molecule has 0 aliphatic carbocycles. The van der Waals surface area contributed by atoms with Crippen molar-refractivity contribution in [2.24, 2.45) is 0 Å². The van der Waals surface area contributed by atoms with Gasteiger partial charge in [-0.1, -0.05) is 18.2 Å². The molecule has 1 aromatic heterocycles. The molecule has 3 aromatic rings. The van der Waals surface area contributed by atoms with Crippen molar-refractivity contribution in [1.29, 1.82) is 0 Å². The van der Waals surface area contributed by atoms with E-state index in [-0.39, 0.29) is 5.91 Å². The van der Waals surface area contributed by atoms with Gasteiger partial charge in [0.15, 0.2) is 0 Å². The average molecular weight is 326 g/mol. The minimum absolute atomic E-state index is 0.0274. The molecule has 1 amide bonds. The highest BCUT2D eigenvalue weighted by Crippen LogP contribution is 2.30. The molecule has 5 heteroatoms. The lowest BCUT2D eigenvalue weighted by Gasteiger charge is -2.16. The second-order valence-corrected chi connectivity index (χ2v) is 6.19. The summed E-state index contributed by atoms with van der Waals surface area (Å²) in [4.78, 5) is 18.4. The molecule has 0 bridgehead atoms. The zero-order valence-corrected chi connectivity index (χ0v) is 13.9. The molecule has 1 heterocycles. The summed E-state index contributed by atoms with van der Waals surface area (Å²) in [7, 11) is 3.48. The molecule has 0 unspecified atom stereocenters. The highest BCUT2D eigenvalue weighted by Gasteiger charge is 2.12. The maximum absolute atomic E-state index is 12.3. The summed E-state index contributed by atoms with van der Waals surface area (Å²) in [5.74, 6) is 1.44. The van der Waals surface area contributed by atoms with Crippen molar-refractivity contribution in [2.45, 2.75) is 4.90 Å². The molecule has 0 aliphatic rings. The number of ether oxygens (including phenoxy) is 1. The Hall–Kier alpha value is -2.40. The van der Waals surface area contributed by atoms with Gasteiger partial charge in [0.25, 0.3) is 5.91 Å². The molecule has 23 heavy (non-hydrogen) atoms. The first-order valence-electron chi connectivity index (χ1n) is 7.27. The summed E-state index contributed by atoms with van der Waals surface area (Å²) in [5.41, 5.74) is 1.74. The molecule has 3 rings (SSSR count). The number of amides is 1. The number of nitrogens with one attached hydrogen (secondary N) is 1. The van der Waals surface area contributed by atoms with Crippen LogP contribution < -0.4 is 4.74 Å². The van der Waals surface area contributed by atoms with Gasteiger partial charge in [-0.25, -0.2) is 0 Å². The fourth-order valence-corrected chi connectivity index (χ4v) is 3.28. The van der Waals surface area contributed by atoms with E-state index in [1.54, 1.807) is 23.8 Å². The minimum Gasteiger partial charge on any atom is -0.497 e. The van der Waals surface area contributed by atoms with Crippen molar-refractivity contribution >= 4 is 28.6 Å². The van der Waals surface area contributed by atoms with Crippen LogP contribution in [-0.4, -0.2) is 35.8 Å². The number of hydrogen-bond acceptors (Lipinski definition) is 3. The Balaban J connectivity index is 1.69. The highest BCUT2D eigenvalue weighted by atomic mass is 32.2. The average Bonchev–Trinajstić information content (AvgIpc) is 3.01. The topological polar surface area (TPSA) is 45.3 Å². The largest absolute Gasteiger partial charge is 0.497 e. The number of nitrogens with zero attached hydrogens (tertiary/aromatic N) is 1. The SMILES string of the molecule is COc1ccc2c(SCN(C)C(=O)c3ccccc3)c[nH]c2c1. The zero-order valence-electron chi connectivity index (χ0n) is 13.1. The summed E-state index contributed by atoms with van der Waals surface area (Å²) >= 11 is 1.63. The number of hydrogen-bond donors (Lipinski definition) is 1. The van der Waals surface area contributed by atoms with Crippen molar-refractivity contribution in [3.8, 4) is 5.75 Å². The van der Waals surface area contributed by atoms with Gasteiger partial charge in [-0.2, -0.15) is 0 Å². The molecule has 0 spiro atoms. The van der Waals surface area contributed by atoms with Crippen LogP contribution in [-0.2, 0) is 0 Å². The smallest absolute Gasteiger partial charge is 0.254 e. The molecular formula is C18H18N2O2S. The van der Waals surface area contributed by atoms with Crippen LogP contribution in [0.15, 0.2) is 59.6 Å². The first-order valence-corrected chi connectivity index (χ1v) is 8.26. The highest BCUT2D eigenvalue weighted by molar-refractivity contribution is 7.99. The van der Waals surface area contributed by atoms with Crippen LogP contribution in [0, 0.1) is 0 Å². The molecule has 0 aliphatic heterocycles. The van der Waals surface area contributed by atoms with Gasteiger partial charge in [0.1, 0.15) is 5.75 Å². The zero-order chi connectivity index (χ0) is 16.2. The van der Waals surface area contributed by atoms with Crippen LogP contribution in [0.4, 0.5) is 0 Å². The Kier molecular flexibility index (Phi) is 4.57. The van der Waals surface area contributed by atoms with E-state index < -0.39 is 0 Å². The third-order valence-corrected chi connectivity index (χ3v) is 4.80. The van der Waals surface area contributed by atoms with Gasteiger partial charge in [-0.3, -0.25) is 4.79 Å². The van der Waals surface area contributed by atoms with Crippen LogP contribution in [0.1, 0.15) is 10.4 Å². The fraction of sp³-hybridized carbons (Fsp3) is 0.167. The van der Waals surface area contributed by atoms with E-state index in [1.165, 1.54) is 0 Å². The van der Waals surface area contributed by atoms with Crippen LogP contribution in [0.25, 0.3) is 10.9 Å². The Morgan fingerprint density at radius 2 is 2.00 bits per heavy atom. The lowest BCUT2D eigenvalue weighted by atomic mass is 10.2. The van der Waals surface area contributed by atoms with Gasteiger partial charge in [-0.05, 0) is 24.3 Å². The number of fused-ring (bicyclic) bond motifs is 1.